The molecule has 8 heteroatoms. The van der Waals surface area contributed by atoms with E-state index in [0.29, 0.717) is 38.3 Å². The maximum absolute atomic E-state index is 12.3. The molecule has 2 N–H and O–H groups in total. The summed E-state index contributed by atoms with van der Waals surface area (Å²) in [4.78, 5) is 27.0. The first-order valence-electron chi connectivity index (χ1n) is 11.1. The molecule has 0 radical (unpaired) electrons. The minimum absolute atomic E-state index is 0.0407. The van der Waals surface area contributed by atoms with E-state index < -0.39 is 12.2 Å². The first kappa shape index (κ1) is 23.9. The van der Waals surface area contributed by atoms with Gasteiger partial charge in [-0.25, -0.2) is 4.79 Å². The Labute approximate surface area is 194 Å². The molecule has 1 saturated heterocycles. The van der Waals surface area contributed by atoms with E-state index in [-0.39, 0.29) is 18.4 Å². The summed E-state index contributed by atoms with van der Waals surface area (Å²) in [5.74, 6) is 0.589. The molecule has 3 rings (SSSR count). The van der Waals surface area contributed by atoms with E-state index >= 15 is 0 Å². The Hall–Kier alpha value is -3.73. The summed E-state index contributed by atoms with van der Waals surface area (Å²) < 4.78 is 5.93. The molecule has 1 aliphatic rings. The number of rotatable bonds is 8. The molecular formula is C25H30N4O4. The van der Waals surface area contributed by atoms with Gasteiger partial charge in [0, 0.05) is 31.9 Å². The van der Waals surface area contributed by atoms with Gasteiger partial charge in [-0.15, -0.1) is 0 Å². The maximum atomic E-state index is 12.3. The van der Waals surface area contributed by atoms with Crippen molar-refractivity contribution >= 4 is 17.7 Å². The number of benzene rings is 2. The van der Waals surface area contributed by atoms with Crippen LogP contribution in [0.3, 0.4) is 0 Å². The van der Waals surface area contributed by atoms with Gasteiger partial charge in [-0.05, 0) is 47.7 Å². The van der Waals surface area contributed by atoms with E-state index in [4.69, 9.17) is 15.1 Å². The monoisotopic (exact) mass is 450 g/mol. The summed E-state index contributed by atoms with van der Waals surface area (Å²) in [6, 6.07) is 17.7. The van der Waals surface area contributed by atoms with Gasteiger partial charge in [-0.3, -0.25) is 4.79 Å². The zero-order valence-electron chi connectivity index (χ0n) is 19.0. The van der Waals surface area contributed by atoms with E-state index in [9.17, 15) is 9.59 Å². The highest BCUT2D eigenvalue weighted by atomic mass is 16.5. The number of carboxylic acid groups (broad SMARTS) is 1. The number of nitrogens with one attached hydrogen (secondary N) is 1. The van der Waals surface area contributed by atoms with Crippen molar-refractivity contribution < 1.29 is 19.4 Å². The number of hydrogen-bond acceptors (Lipinski definition) is 5. The minimum atomic E-state index is -0.865. The predicted molar refractivity (Wildman–Crippen MR) is 126 cm³/mol. The Morgan fingerprint density at radius 3 is 2.12 bits per heavy atom. The molecule has 0 bridgehead atoms. The highest BCUT2D eigenvalue weighted by Crippen LogP contribution is 2.26. The number of carbonyl (C=O) groups is 2. The van der Waals surface area contributed by atoms with Gasteiger partial charge in [0.1, 0.15) is 12.3 Å². The van der Waals surface area contributed by atoms with Crippen molar-refractivity contribution in [3.8, 4) is 22.9 Å². The van der Waals surface area contributed by atoms with Crippen molar-refractivity contribution in [2.45, 2.75) is 26.4 Å². The summed E-state index contributed by atoms with van der Waals surface area (Å²) in [5.41, 5.74) is 3.16. The van der Waals surface area contributed by atoms with Crippen LogP contribution in [0, 0.1) is 17.2 Å². The fourth-order valence-electron chi connectivity index (χ4n) is 3.79. The van der Waals surface area contributed by atoms with Gasteiger partial charge >= 0.3 is 6.09 Å². The molecule has 1 atom stereocenters. The van der Waals surface area contributed by atoms with Gasteiger partial charge < -0.3 is 25.0 Å². The molecule has 1 heterocycles. The van der Waals surface area contributed by atoms with Crippen LogP contribution in [0.4, 0.5) is 10.5 Å². The van der Waals surface area contributed by atoms with Gasteiger partial charge in [-0.2, -0.15) is 5.26 Å². The summed E-state index contributed by atoms with van der Waals surface area (Å²) in [7, 11) is 0. The van der Waals surface area contributed by atoms with Gasteiger partial charge in [0.15, 0.2) is 6.10 Å². The third kappa shape index (κ3) is 6.62. The first-order chi connectivity index (χ1) is 15.9. The lowest BCUT2D eigenvalue weighted by atomic mass is 10.0. The van der Waals surface area contributed by atoms with Crippen LogP contribution in [0.15, 0.2) is 48.5 Å². The number of carbonyl (C=O) groups excluding carboxylic acids is 1. The average molecular weight is 451 g/mol. The molecule has 33 heavy (non-hydrogen) atoms. The summed E-state index contributed by atoms with van der Waals surface area (Å²) in [6.07, 6.45) is -0.956. The van der Waals surface area contributed by atoms with Crippen molar-refractivity contribution in [3.05, 3.63) is 48.5 Å². The van der Waals surface area contributed by atoms with E-state index in [1.54, 1.807) is 0 Å². The van der Waals surface area contributed by atoms with Crippen LogP contribution in [0.2, 0.25) is 0 Å². The Morgan fingerprint density at radius 2 is 1.61 bits per heavy atom. The normalized spacial score (nSPS) is 14.5. The molecule has 0 saturated carbocycles. The third-order valence-electron chi connectivity index (χ3n) is 5.57. The molecule has 0 aliphatic carbocycles. The molecule has 2 amide bonds. The van der Waals surface area contributed by atoms with Crippen molar-refractivity contribution in [1.82, 2.24) is 10.2 Å². The molecular weight excluding hydrogens is 420 g/mol. The summed E-state index contributed by atoms with van der Waals surface area (Å²) in [5, 5.41) is 20.4. The van der Waals surface area contributed by atoms with E-state index in [0.717, 1.165) is 16.8 Å². The predicted octanol–water partition coefficient (Wildman–Crippen LogP) is 3.59. The molecule has 2 aromatic carbocycles. The second-order valence-corrected chi connectivity index (χ2v) is 8.44. The quantitative estimate of drug-likeness (QED) is 0.596. The van der Waals surface area contributed by atoms with Crippen LogP contribution in [0.1, 0.15) is 20.3 Å². The standard InChI is InChI=1S/C25H30N4O4/c1-18(2)17-23(24(30)27-12-11-26)33-22-9-5-20(6-10-22)19-3-7-21(8-4-19)28-13-15-29(16-14-28)25(31)32/h3-10,18,23H,12-17H2,1-2H3,(H,27,30)(H,31,32). The number of piperazine rings is 1. The minimum Gasteiger partial charge on any atom is -0.481 e. The summed E-state index contributed by atoms with van der Waals surface area (Å²) in [6.45, 7) is 6.37. The van der Waals surface area contributed by atoms with Gasteiger partial charge in [0.05, 0.1) is 6.07 Å². The smallest absolute Gasteiger partial charge is 0.407 e. The summed E-state index contributed by atoms with van der Waals surface area (Å²) >= 11 is 0. The molecule has 1 aliphatic heterocycles. The van der Waals surface area contributed by atoms with Crippen LogP contribution >= 0.6 is 0 Å². The first-order valence-corrected chi connectivity index (χ1v) is 11.1. The number of hydrogen-bond donors (Lipinski definition) is 2. The van der Waals surface area contributed by atoms with Crippen molar-refractivity contribution in [2.24, 2.45) is 5.92 Å². The lowest BCUT2D eigenvalue weighted by molar-refractivity contribution is -0.128. The van der Waals surface area contributed by atoms with E-state index in [1.807, 2.05) is 68.4 Å². The maximum Gasteiger partial charge on any atom is 0.407 e. The Bertz CT molecular complexity index is 975. The molecule has 174 valence electrons. The zero-order valence-corrected chi connectivity index (χ0v) is 19.0. The van der Waals surface area contributed by atoms with Crippen molar-refractivity contribution in [1.29, 1.82) is 5.26 Å². The SMILES string of the molecule is CC(C)CC(Oc1ccc(-c2ccc(N3CCN(C(=O)O)CC3)cc2)cc1)C(=O)NCC#N. The van der Waals surface area contributed by atoms with Crippen LogP contribution in [0.25, 0.3) is 11.1 Å². The number of nitrogens with zero attached hydrogens (tertiary/aromatic N) is 3. The van der Waals surface area contributed by atoms with Gasteiger partial charge in [-0.1, -0.05) is 38.1 Å². The zero-order chi connectivity index (χ0) is 23.8. The Morgan fingerprint density at radius 1 is 1.03 bits per heavy atom. The van der Waals surface area contributed by atoms with Crippen LogP contribution in [-0.2, 0) is 4.79 Å². The number of nitriles is 1. The number of ether oxygens (including phenoxy) is 1. The lowest BCUT2D eigenvalue weighted by Gasteiger charge is -2.34. The van der Waals surface area contributed by atoms with Gasteiger partial charge in [0.25, 0.3) is 5.91 Å². The number of anilines is 1. The van der Waals surface area contributed by atoms with Crippen LogP contribution < -0.4 is 15.0 Å². The third-order valence-corrected chi connectivity index (χ3v) is 5.57. The van der Waals surface area contributed by atoms with Crippen molar-refractivity contribution in [3.63, 3.8) is 0 Å². The highest BCUT2D eigenvalue weighted by molar-refractivity contribution is 5.81. The fraction of sp³-hybridized carbons (Fsp3) is 0.400. The van der Waals surface area contributed by atoms with E-state index in [2.05, 4.69) is 10.2 Å². The molecule has 1 unspecified atom stereocenters. The molecule has 0 spiro atoms. The molecule has 2 aromatic rings. The van der Waals surface area contributed by atoms with Crippen LogP contribution in [-0.4, -0.2) is 60.8 Å². The van der Waals surface area contributed by atoms with Crippen molar-refractivity contribution in [2.75, 3.05) is 37.6 Å². The number of amides is 2. The Kier molecular flexibility index (Phi) is 8.14. The molecule has 8 nitrogen and oxygen atoms in total. The van der Waals surface area contributed by atoms with Gasteiger partial charge in [0.2, 0.25) is 0 Å². The highest BCUT2D eigenvalue weighted by Gasteiger charge is 2.22. The topological polar surface area (TPSA) is 106 Å². The van der Waals surface area contributed by atoms with Crippen LogP contribution in [0.5, 0.6) is 5.75 Å². The fourth-order valence-corrected chi connectivity index (χ4v) is 3.79. The second-order valence-electron chi connectivity index (χ2n) is 8.44. The lowest BCUT2D eigenvalue weighted by Crippen LogP contribution is -2.48. The van der Waals surface area contributed by atoms with E-state index in [1.165, 1.54) is 4.90 Å². The second kappa shape index (κ2) is 11.2. The molecule has 1 fully saturated rings. The molecule has 0 aromatic heterocycles. The largest absolute Gasteiger partial charge is 0.481 e. The average Bonchev–Trinajstić information content (AvgIpc) is 2.82. The Balaban J connectivity index is 1.63.